The molecule has 2 N–H and O–H groups in total. The Labute approximate surface area is 194 Å². The quantitative estimate of drug-likeness (QED) is 0.250. The summed E-state index contributed by atoms with van der Waals surface area (Å²) in [6.07, 6.45) is 2.68. The second kappa shape index (κ2) is 8.65. The van der Waals surface area contributed by atoms with Crippen molar-refractivity contribution in [3.8, 4) is 22.7 Å². The molecule has 166 valence electrons. The van der Waals surface area contributed by atoms with Gasteiger partial charge in [-0.15, -0.1) is 0 Å². The number of hydrogen-bond donors (Lipinski definition) is 1. The second-order valence-corrected chi connectivity index (χ2v) is 8.37. The van der Waals surface area contributed by atoms with Crippen molar-refractivity contribution in [1.29, 1.82) is 0 Å². The standard InChI is InChI=1S/C24H20ClN5O3/c25-17-3-7-20(22(11-17)30(31)32)23-8-6-19(33-23)14-29-10-9-21-16(13-29)12-27-24(28-21)15-1-4-18(26)5-2-15/h1-8,11-12H,9-10,13-14,26H2. The molecule has 0 radical (unpaired) electrons. The first-order valence-corrected chi connectivity index (χ1v) is 10.8. The number of nitro groups is 1. The first-order chi connectivity index (χ1) is 16.0. The molecular weight excluding hydrogens is 442 g/mol. The summed E-state index contributed by atoms with van der Waals surface area (Å²) in [4.78, 5) is 22.5. The second-order valence-electron chi connectivity index (χ2n) is 7.93. The highest BCUT2D eigenvalue weighted by atomic mass is 35.5. The molecule has 1 aliphatic heterocycles. The molecule has 0 saturated heterocycles. The van der Waals surface area contributed by atoms with Crippen LogP contribution in [0.25, 0.3) is 22.7 Å². The maximum absolute atomic E-state index is 11.4. The maximum atomic E-state index is 11.4. The molecule has 0 aliphatic carbocycles. The minimum Gasteiger partial charge on any atom is -0.459 e. The Morgan fingerprint density at radius 2 is 1.97 bits per heavy atom. The third kappa shape index (κ3) is 4.44. The number of aromatic nitrogens is 2. The Kier molecular flexibility index (Phi) is 5.53. The topological polar surface area (TPSA) is 111 Å². The van der Waals surface area contributed by atoms with E-state index in [1.54, 1.807) is 18.2 Å². The van der Waals surface area contributed by atoms with Gasteiger partial charge in [-0.05, 0) is 48.5 Å². The molecule has 4 aromatic rings. The Morgan fingerprint density at radius 1 is 1.15 bits per heavy atom. The average Bonchev–Trinajstić information content (AvgIpc) is 3.27. The number of halogens is 1. The van der Waals surface area contributed by atoms with Gasteiger partial charge < -0.3 is 10.2 Å². The minimum absolute atomic E-state index is 0.0793. The summed E-state index contributed by atoms with van der Waals surface area (Å²) in [6.45, 7) is 2.11. The molecule has 5 rings (SSSR count). The first kappa shape index (κ1) is 21.1. The van der Waals surface area contributed by atoms with Crippen LogP contribution in [0.1, 0.15) is 17.0 Å². The first-order valence-electron chi connectivity index (χ1n) is 10.4. The van der Waals surface area contributed by atoms with Gasteiger partial charge in [-0.1, -0.05) is 11.6 Å². The lowest BCUT2D eigenvalue weighted by atomic mass is 10.1. The zero-order valence-electron chi connectivity index (χ0n) is 17.6. The number of fused-ring (bicyclic) bond motifs is 1. The zero-order chi connectivity index (χ0) is 22.9. The van der Waals surface area contributed by atoms with Gasteiger partial charge in [0.05, 0.1) is 22.7 Å². The van der Waals surface area contributed by atoms with Gasteiger partial charge in [0.15, 0.2) is 5.82 Å². The molecule has 0 spiro atoms. The van der Waals surface area contributed by atoms with E-state index in [2.05, 4.69) is 9.88 Å². The van der Waals surface area contributed by atoms with Crippen molar-refractivity contribution in [2.75, 3.05) is 12.3 Å². The highest BCUT2D eigenvalue weighted by Gasteiger charge is 2.22. The molecule has 2 aromatic heterocycles. The maximum Gasteiger partial charge on any atom is 0.281 e. The van der Waals surface area contributed by atoms with Crippen molar-refractivity contribution in [1.82, 2.24) is 14.9 Å². The van der Waals surface area contributed by atoms with Crippen molar-refractivity contribution in [2.45, 2.75) is 19.5 Å². The van der Waals surface area contributed by atoms with Crippen LogP contribution in [0.3, 0.4) is 0 Å². The SMILES string of the molecule is Nc1ccc(-c2ncc3c(n2)CCN(Cc2ccc(-c4ccc(Cl)cc4[N+](=O)[O-])o2)C3)cc1. The van der Waals surface area contributed by atoms with Crippen LogP contribution in [-0.4, -0.2) is 26.3 Å². The number of rotatable bonds is 5. The highest BCUT2D eigenvalue weighted by Crippen LogP contribution is 2.34. The summed E-state index contributed by atoms with van der Waals surface area (Å²) in [5.74, 6) is 1.88. The summed E-state index contributed by atoms with van der Waals surface area (Å²) >= 11 is 5.92. The summed E-state index contributed by atoms with van der Waals surface area (Å²) in [5, 5.41) is 11.7. The number of nitrogens with two attached hydrogens (primary N) is 1. The molecule has 8 nitrogen and oxygen atoms in total. The van der Waals surface area contributed by atoms with Crippen molar-refractivity contribution < 1.29 is 9.34 Å². The van der Waals surface area contributed by atoms with E-state index in [0.29, 0.717) is 40.9 Å². The van der Waals surface area contributed by atoms with E-state index in [4.69, 9.17) is 26.7 Å². The van der Waals surface area contributed by atoms with E-state index >= 15 is 0 Å². The van der Waals surface area contributed by atoms with Crippen LogP contribution in [0.5, 0.6) is 0 Å². The molecule has 9 heteroatoms. The van der Waals surface area contributed by atoms with E-state index < -0.39 is 4.92 Å². The largest absolute Gasteiger partial charge is 0.459 e. The fourth-order valence-corrected chi connectivity index (χ4v) is 4.14. The number of hydrogen-bond acceptors (Lipinski definition) is 7. The van der Waals surface area contributed by atoms with Crippen LogP contribution in [0.2, 0.25) is 5.02 Å². The number of nitro benzene ring substituents is 1. The van der Waals surface area contributed by atoms with Gasteiger partial charge in [0.1, 0.15) is 11.5 Å². The van der Waals surface area contributed by atoms with Crippen molar-refractivity contribution >= 4 is 23.0 Å². The summed E-state index contributed by atoms with van der Waals surface area (Å²) in [6, 6.07) is 15.7. The smallest absolute Gasteiger partial charge is 0.281 e. The lowest BCUT2D eigenvalue weighted by Gasteiger charge is -2.27. The molecular formula is C24H20ClN5O3. The van der Waals surface area contributed by atoms with Gasteiger partial charge >= 0.3 is 0 Å². The normalized spacial score (nSPS) is 13.6. The Bertz CT molecular complexity index is 1340. The average molecular weight is 462 g/mol. The van der Waals surface area contributed by atoms with Crippen LogP contribution in [0, 0.1) is 10.1 Å². The third-order valence-electron chi connectivity index (χ3n) is 5.64. The van der Waals surface area contributed by atoms with E-state index in [1.165, 1.54) is 6.07 Å². The number of anilines is 1. The van der Waals surface area contributed by atoms with Gasteiger partial charge in [-0.2, -0.15) is 0 Å². The van der Waals surface area contributed by atoms with Gasteiger partial charge in [0.25, 0.3) is 5.69 Å². The molecule has 0 bridgehead atoms. The van der Waals surface area contributed by atoms with E-state index in [1.807, 2.05) is 36.5 Å². The van der Waals surface area contributed by atoms with Crippen molar-refractivity contribution in [3.63, 3.8) is 0 Å². The predicted molar refractivity (Wildman–Crippen MR) is 126 cm³/mol. The fraction of sp³-hybridized carbons (Fsp3) is 0.167. The number of furan rings is 1. The van der Waals surface area contributed by atoms with Crippen molar-refractivity contribution in [2.24, 2.45) is 0 Å². The van der Waals surface area contributed by atoms with Crippen LogP contribution in [0.4, 0.5) is 11.4 Å². The van der Waals surface area contributed by atoms with E-state index in [9.17, 15) is 10.1 Å². The molecule has 33 heavy (non-hydrogen) atoms. The Hall–Kier alpha value is -3.75. The molecule has 0 saturated carbocycles. The third-order valence-corrected chi connectivity index (χ3v) is 5.88. The fourth-order valence-electron chi connectivity index (χ4n) is 3.97. The molecule has 0 atom stereocenters. The lowest BCUT2D eigenvalue weighted by molar-refractivity contribution is -0.384. The van der Waals surface area contributed by atoms with Crippen LogP contribution < -0.4 is 5.73 Å². The highest BCUT2D eigenvalue weighted by molar-refractivity contribution is 6.30. The van der Waals surface area contributed by atoms with E-state index in [-0.39, 0.29) is 5.69 Å². The molecule has 1 aliphatic rings. The van der Waals surface area contributed by atoms with Gasteiger partial charge in [0.2, 0.25) is 0 Å². The van der Waals surface area contributed by atoms with Crippen LogP contribution >= 0.6 is 11.6 Å². The molecule has 0 unspecified atom stereocenters. The van der Waals surface area contributed by atoms with Crippen LogP contribution in [0.15, 0.2) is 65.2 Å². The van der Waals surface area contributed by atoms with Crippen molar-refractivity contribution in [3.05, 3.63) is 92.9 Å². The van der Waals surface area contributed by atoms with Crippen LogP contribution in [-0.2, 0) is 19.5 Å². The minimum atomic E-state index is -0.455. The molecule has 2 aromatic carbocycles. The number of benzene rings is 2. The summed E-state index contributed by atoms with van der Waals surface area (Å²) in [7, 11) is 0. The van der Waals surface area contributed by atoms with Gasteiger partial charge in [-0.3, -0.25) is 15.0 Å². The monoisotopic (exact) mass is 461 g/mol. The predicted octanol–water partition coefficient (Wildman–Crippen LogP) is 5.11. The van der Waals surface area contributed by atoms with Gasteiger partial charge in [-0.25, -0.2) is 9.97 Å². The number of nitrogen functional groups attached to an aromatic ring is 1. The molecule has 3 heterocycles. The lowest BCUT2D eigenvalue weighted by Crippen LogP contribution is -2.30. The Morgan fingerprint density at radius 3 is 2.76 bits per heavy atom. The molecule has 0 amide bonds. The molecule has 0 fully saturated rings. The number of nitrogens with zero attached hydrogens (tertiary/aromatic N) is 4. The summed E-state index contributed by atoms with van der Waals surface area (Å²) < 4.78 is 5.95. The summed E-state index contributed by atoms with van der Waals surface area (Å²) in [5.41, 5.74) is 9.87. The Balaban J connectivity index is 1.31. The van der Waals surface area contributed by atoms with E-state index in [0.717, 1.165) is 35.5 Å². The van der Waals surface area contributed by atoms with Gasteiger partial charge in [0, 0.05) is 53.6 Å². The zero-order valence-corrected chi connectivity index (χ0v) is 18.3.